The second-order valence-electron chi connectivity index (χ2n) is 4.10. The van der Waals surface area contributed by atoms with Crippen molar-refractivity contribution in [2.24, 2.45) is 5.73 Å². The van der Waals surface area contributed by atoms with Crippen molar-refractivity contribution < 1.29 is 4.74 Å². The van der Waals surface area contributed by atoms with Crippen molar-refractivity contribution in [1.29, 1.82) is 0 Å². The second-order valence-corrected chi connectivity index (χ2v) is 4.50. The molecule has 1 fully saturated rings. The lowest BCUT2D eigenvalue weighted by Crippen LogP contribution is -2.43. The lowest BCUT2D eigenvalue weighted by molar-refractivity contribution is 0.369. The number of nitrogens with zero attached hydrogens (tertiary/aromatic N) is 3. The number of rotatable bonds is 5. The van der Waals surface area contributed by atoms with E-state index in [4.69, 9.17) is 22.1 Å². The van der Waals surface area contributed by atoms with Crippen LogP contribution in [0.1, 0.15) is 19.3 Å². The summed E-state index contributed by atoms with van der Waals surface area (Å²) in [4.78, 5) is 10.5. The van der Waals surface area contributed by atoms with Crippen molar-refractivity contribution in [1.82, 2.24) is 9.97 Å². The summed E-state index contributed by atoms with van der Waals surface area (Å²) in [5, 5.41) is 0.547. The Morgan fingerprint density at radius 1 is 1.59 bits per heavy atom. The molecule has 0 aliphatic heterocycles. The Kier molecular flexibility index (Phi) is 4.02. The molecule has 17 heavy (non-hydrogen) atoms. The van der Waals surface area contributed by atoms with E-state index in [1.807, 2.05) is 0 Å². The highest BCUT2D eigenvalue weighted by molar-refractivity contribution is 6.32. The van der Waals surface area contributed by atoms with Gasteiger partial charge in [0.05, 0.1) is 13.3 Å². The highest BCUT2D eigenvalue weighted by Crippen LogP contribution is 2.32. The summed E-state index contributed by atoms with van der Waals surface area (Å²) in [5.41, 5.74) is 5.64. The average molecular weight is 257 g/mol. The van der Waals surface area contributed by atoms with E-state index >= 15 is 0 Å². The monoisotopic (exact) mass is 256 g/mol. The lowest BCUT2D eigenvalue weighted by atomic mass is 9.91. The minimum Gasteiger partial charge on any atom is -0.467 e. The maximum absolute atomic E-state index is 6.15. The normalized spacial score (nSPS) is 15.5. The molecule has 94 valence electrons. The Labute approximate surface area is 106 Å². The SMILES string of the molecule is COc1ncc(Cl)c(N(CCN)C2CCC2)n1. The van der Waals surface area contributed by atoms with E-state index in [0.29, 0.717) is 23.6 Å². The van der Waals surface area contributed by atoms with E-state index in [-0.39, 0.29) is 0 Å². The zero-order valence-electron chi connectivity index (χ0n) is 9.90. The molecule has 6 heteroatoms. The number of anilines is 1. The number of halogens is 1. The maximum atomic E-state index is 6.15. The van der Waals surface area contributed by atoms with Crippen LogP contribution in [0.5, 0.6) is 6.01 Å². The van der Waals surface area contributed by atoms with Gasteiger partial charge in [-0.3, -0.25) is 0 Å². The van der Waals surface area contributed by atoms with E-state index in [1.54, 1.807) is 13.3 Å². The zero-order chi connectivity index (χ0) is 12.3. The maximum Gasteiger partial charge on any atom is 0.318 e. The minimum absolute atomic E-state index is 0.339. The van der Waals surface area contributed by atoms with Crippen LogP contribution >= 0.6 is 11.6 Å². The fourth-order valence-electron chi connectivity index (χ4n) is 1.94. The topological polar surface area (TPSA) is 64.3 Å². The van der Waals surface area contributed by atoms with Gasteiger partial charge in [-0.15, -0.1) is 0 Å². The first-order valence-electron chi connectivity index (χ1n) is 5.79. The van der Waals surface area contributed by atoms with Crippen molar-refractivity contribution in [2.75, 3.05) is 25.1 Å². The van der Waals surface area contributed by atoms with E-state index in [9.17, 15) is 0 Å². The van der Waals surface area contributed by atoms with Crippen molar-refractivity contribution in [3.8, 4) is 6.01 Å². The molecule has 0 spiro atoms. The van der Waals surface area contributed by atoms with Gasteiger partial charge in [-0.1, -0.05) is 11.6 Å². The van der Waals surface area contributed by atoms with Crippen molar-refractivity contribution >= 4 is 17.4 Å². The van der Waals surface area contributed by atoms with Crippen LogP contribution in [0.2, 0.25) is 5.02 Å². The van der Waals surface area contributed by atoms with Crippen LogP contribution in [0.3, 0.4) is 0 Å². The molecule has 1 aliphatic rings. The van der Waals surface area contributed by atoms with Gasteiger partial charge in [0.1, 0.15) is 5.02 Å². The molecule has 1 aromatic heterocycles. The van der Waals surface area contributed by atoms with E-state index < -0.39 is 0 Å². The van der Waals surface area contributed by atoms with Crippen LogP contribution in [-0.4, -0.2) is 36.2 Å². The van der Waals surface area contributed by atoms with Gasteiger partial charge < -0.3 is 15.4 Å². The first kappa shape index (κ1) is 12.4. The Morgan fingerprint density at radius 2 is 2.35 bits per heavy atom. The number of methoxy groups -OCH3 is 1. The molecule has 5 nitrogen and oxygen atoms in total. The van der Waals surface area contributed by atoms with Crippen LogP contribution in [0.15, 0.2) is 6.20 Å². The third kappa shape index (κ3) is 2.61. The summed E-state index contributed by atoms with van der Waals surface area (Å²) in [6, 6.07) is 0.835. The molecule has 0 bridgehead atoms. The van der Waals surface area contributed by atoms with Gasteiger partial charge in [-0.25, -0.2) is 4.98 Å². The predicted octanol–water partition coefficient (Wildman–Crippen LogP) is 1.46. The molecule has 1 saturated carbocycles. The third-order valence-corrected chi connectivity index (χ3v) is 3.31. The first-order valence-corrected chi connectivity index (χ1v) is 6.17. The molecular weight excluding hydrogens is 240 g/mol. The molecule has 2 rings (SSSR count). The van der Waals surface area contributed by atoms with Gasteiger partial charge in [0, 0.05) is 19.1 Å². The van der Waals surface area contributed by atoms with Crippen molar-refractivity contribution in [3.63, 3.8) is 0 Å². The lowest BCUT2D eigenvalue weighted by Gasteiger charge is -2.38. The number of hydrogen-bond acceptors (Lipinski definition) is 5. The quantitative estimate of drug-likeness (QED) is 0.864. The van der Waals surface area contributed by atoms with Crippen molar-refractivity contribution in [2.45, 2.75) is 25.3 Å². The highest BCUT2D eigenvalue weighted by atomic mass is 35.5. The largest absolute Gasteiger partial charge is 0.467 e. The molecule has 1 aromatic rings. The summed E-state index contributed by atoms with van der Waals surface area (Å²) in [6.07, 6.45) is 5.17. The molecule has 0 unspecified atom stereocenters. The minimum atomic E-state index is 0.339. The Bertz CT molecular complexity index is 384. The zero-order valence-corrected chi connectivity index (χ0v) is 10.7. The molecule has 0 saturated heterocycles. The molecule has 1 aliphatic carbocycles. The third-order valence-electron chi connectivity index (χ3n) is 3.04. The van der Waals surface area contributed by atoms with Crippen LogP contribution in [0.4, 0.5) is 5.82 Å². The number of hydrogen-bond donors (Lipinski definition) is 1. The standard InChI is InChI=1S/C11H17ClN4O/c1-17-11-14-7-9(12)10(15-11)16(6-5-13)8-3-2-4-8/h7-8H,2-6,13H2,1H3. The predicted molar refractivity (Wildman–Crippen MR) is 67.6 cm³/mol. The summed E-state index contributed by atoms with van der Waals surface area (Å²) >= 11 is 6.15. The Morgan fingerprint density at radius 3 is 2.88 bits per heavy atom. The molecular formula is C11H17ClN4O. The Balaban J connectivity index is 2.26. The van der Waals surface area contributed by atoms with Crippen LogP contribution < -0.4 is 15.4 Å². The van der Waals surface area contributed by atoms with Crippen molar-refractivity contribution in [3.05, 3.63) is 11.2 Å². The van der Waals surface area contributed by atoms with Gasteiger partial charge >= 0.3 is 6.01 Å². The average Bonchev–Trinajstić information content (AvgIpc) is 2.27. The number of ether oxygens (including phenoxy) is 1. The number of aromatic nitrogens is 2. The Hall–Kier alpha value is -1.07. The van der Waals surface area contributed by atoms with Crippen LogP contribution in [-0.2, 0) is 0 Å². The summed E-state index contributed by atoms with van der Waals surface area (Å²) in [5.74, 6) is 0.730. The van der Waals surface area contributed by atoms with Gasteiger partial charge in [0.2, 0.25) is 0 Å². The van der Waals surface area contributed by atoms with E-state index in [0.717, 1.165) is 12.4 Å². The summed E-state index contributed by atoms with van der Waals surface area (Å²) < 4.78 is 5.03. The molecule has 2 N–H and O–H groups in total. The molecule has 0 amide bonds. The fraction of sp³-hybridized carbons (Fsp3) is 0.636. The molecule has 1 heterocycles. The smallest absolute Gasteiger partial charge is 0.318 e. The van der Waals surface area contributed by atoms with Gasteiger partial charge in [0.25, 0.3) is 0 Å². The molecule has 0 atom stereocenters. The van der Waals surface area contributed by atoms with E-state index in [1.165, 1.54) is 19.3 Å². The van der Waals surface area contributed by atoms with Crippen LogP contribution in [0.25, 0.3) is 0 Å². The first-order chi connectivity index (χ1) is 8.26. The van der Waals surface area contributed by atoms with Gasteiger partial charge in [0.15, 0.2) is 5.82 Å². The number of nitrogens with two attached hydrogens (primary N) is 1. The van der Waals surface area contributed by atoms with E-state index in [2.05, 4.69) is 14.9 Å². The molecule has 0 aromatic carbocycles. The summed E-state index contributed by atoms with van der Waals surface area (Å²) in [7, 11) is 1.55. The van der Waals surface area contributed by atoms with Gasteiger partial charge in [-0.05, 0) is 19.3 Å². The second kappa shape index (κ2) is 5.51. The summed E-state index contributed by atoms with van der Waals surface area (Å²) in [6.45, 7) is 1.34. The highest BCUT2D eigenvalue weighted by Gasteiger charge is 2.27. The fourth-order valence-corrected chi connectivity index (χ4v) is 2.14. The van der Waals surface area contributed by atoms with Gasteiger partial charge in [-0.2, -0.15) is 4.98 Å². The molecule has 0 radical (unpaired) electrons. The van der Waals surface area contributed by atoms with Crippen LogP contribution in [0, 0.1) is 0 Å².